The zero-order chi connectivity index (χ0) is 24.2. The quantitative estimate of drug-likeness (QED) is 0.369. The van der Waals surface area contributed by atoms with Crippen molar-refractivity contribution in [1.29, 1.82) is 0 Å². The molecule has 5 nitrogen and oxygen atoms in total. The van der Waals surface area contributed by atoms with E-state index in [0.717, 1.165) is 35.4 Å². The molecule has 0 N–H and O–H groups in total. The van der Waals surface area contributed by atoms with E-state index in [2.05, 4.69) is 9.97 Å². The minimum atomic E-state index is -0.267. The predicted octanol–water partition coefficient (Wildman–Crippen LogP) is 5.55. The number of carbonyl (C=O) groups is 1. The van der Waals surface area contributed by atoms with Crippen LogP contribution in [0.4, 0.5) is 8.78 Å². The van der Waals surface area contributed by atoms with E-state index in [1.165, 1.54) is 24.3 Å². The van der Waals surface area contributed by atoms with Crippen LogP contribution in [0.3, 0.4) is 0 Å². The molecule has 0 bridgehead atoms. The van der Waals surface area contributed by atoms with Gasteiger partial charge in [-0.05, 0) is 60.4 Å². The van der Waals surface area contributed by atoms with Gasteiger partial charge >= 0.3 is 0 Å². The third-order valence-electron chi connectivity index (χ3n) is 6.29. The van der Waals surface area contributed by atoms with Gasteiger partial charge in [0.05, 0.1) is 17.7 Å². The van der Waals surface area contributed by atoms with Crippen LogP contribution >= 0.6 is 0 Å². The highest BCUT2D eigenvalue weighted by atomic mass is 19.1. The molecule has 35 heavy (non-hydrogen) atoms. The molecule has 1 atom stereocenters. The number of rotatable bonds is 6. The molecule has 3 heterocycles. The number of benzene rings is 2. The zero-order valence-electron chi connectivity index (χ0n) is 19.2. The van der Waals surface area contributed by atoms with E-state index in [0.29, 0.717) is 37.4 Å². The molecular weight excluding hydrogens is 448 g/mol. The minimum Gasteiger partial charge on any atom is -0.445 e. The molecule has 7 heteroatoms. The molecule has 1 fully saturated rings. The number of pyridine rings is 1. The molecule has 0 unspecified atom stereocenters. The van der Waals surface area contributed by atoms with E-state index in [1.807, 2.05) is 11.0 Å². The third-order valence-corrected chi connectivity index (χ3v) is 6.29. The fourth-order valence-corrected chi connectivity index (χ4v) is 4.41. The summed E-state index contributed by atoms with van der Waals surface area (Å²) in [5.41, 5.74) is 3.27. The lowest BCUT2D eigenvalue weighted by Crippen LogP contribution is -2.39. The fraction of sp³-hybridized carbons (Fsp3) is 0.250. The summed E-state index contributed by atoms with van der Waals surface area (Å²) in [6.45, 7) is 1.21. The van der Waals surface area contributed by atoms with E-state index in [-0.39, 0.29) is 23.5 Å². The first-order valence-electron chi connectivity index (χ1n) is 11.7. The Labute approximate surface area is 202 Å². The number of piperidine rings is 1. The second-order valence-electron chi connectivity index (χ2n) is 8.90. The molecule has 0 aliphatic carbocycles. The van der Waals surface area contributed by atoms with Crippen LogP contribution in [0.5, 0.6) is 0 Å². The maximum absolute atomic E-state index is 13.1. The maximum atomic E-state index is 13.1. The van der Waals surface area contributed by atoms with Crippen molar-refractivity contribution in [2.24, 2.45) is 0 Å². The van der Waals surface area contributed by atoms with E-state index < -0.39 is 0 Å². The molecular formula is C28H25F2N3O2. The molecule has 178 valence electrons. The summed E-state index contributed by atoms with van der Waals surface area (Å²) in [7, 11) is 0. The highest BCUT2D eigenvalue weighted by Gasteiger charge is 2.28. The van der Waals surface area contributed by atoms with E-state index in [4.69, 9.17) is 4.42 Å². The maximum Gasteiger partial charge on any atom is 0.255 e. The van der Waals surface area contributed by atoms with Gasteiger partial charge < -0.3 is 9.32 Å². The van der Waals surface area contributed by atoms with Crippen molar-refractivity contribution < 1.29 is 18.0 Å². The smallest absolute Gasteiger partial charge is 0.255 e. The molecule has 2 aromatic heterocycles. The Bertz CT molecular complexity index is 1290. The molecule has 1 amide bonds. The van der Waals surface area contributed by atoms with Gasteiger partial charge in [0.1, 0.15) is 17.4 Å². The lowest BCUT2D eigenvalue weighted by molar-refractivity contribution is 0.0697. The highest BCUT2D eigenvalue weighted by molar-refractivity contribution is 5.94. The predicted molar refractivity (Wildman–Crippen MR) is 127 cm³/mol. The summed E-state index contributed by atoms with van der Waals surface area (Å²) in [4.78, 5) is 23.9. The summed E-state index contributed by atoms with van der Waals surface area (Å²) >= 11 is 0. The van der Waals surface area contributed by atoms with E-state index in [1.54, 1.807) is 42.7 Å². The Balaban J connectivity index is 1.21. The minimum absolute atomic E-state index is 0.0281. The van der Waals surface area contributed by atoms with Crippen molar-refractivity contribution in [3.8, 4) is 0 Å². The summed E-state index contributed by atoms with van der Waals surface area (Å²) in [5, 5.41) is 0. The number of nitrogens with zero attached hydrogens (tertiary/aromatic N) is 3. The number of halogens is 2. The lowest BCUT2D eigenvalue weighted by Gasteiger charge is -2.31. The van der Waals surface area contributed by atoms with Gasteiger partial charge in [0.15, 0.2) is 5.89 Å². The molecule has 1 aliphatic heterocycles. The average Bonchev–Trinajstić information content (AvgIpc) is 3.35. The van der Waals surface area contributed by atoms with Gasteiger partial charge in [-0.25, -0.2) is 13.8 Å². The van der Waals surface area contributed by atoms with Crippen LogP contribution in [0.25, 0.3) is 0 Å². The van der Waals surface area contributed by atoms with Gasteiger partial charge in [0.25, 0.3) is 5.91 Å². The van der Waals surface area contributed by atoms with E-state index >= 15 is 0 Å². The Morgan fingerprint density at radius 3 is 2.23 bits per heavy atom. The highest BCUT2D eigenvalue weighted by Crippen LogP contribution is 2.28. The van der Waals surface area contributed by atoms with Gasteiger partial charge in [-0.3, -0.25) is 9.78 Å². The van der Waals surface area contributed by atoms with Crippen molar-refractivity contribution in [3.63, 3.8) is 0 Å². The van der Waals surface area contributed by atoms with Crippen molar-refractivity contribution in [1.82, 2.24) is 14.9 Å². The zero-order valence-corrected chi connectivity index (χ0v) is 19.2. The van der Waals surface area contributed by atoms with Crippen molar-refractivity contribution in [3.05, 3.63) is 119 Å². The summed E-state index contributed by atoms with van der Waals surface area (Å²) in [5.74, 6) is 0.783. The van der Waals surface area contributed by atoms with Gasteiger partial charge in [-0.1, -0.05) is 24.3 Å². The third kappa shape index (κ3) is 5.62. The molecule has 2 aromatic carbocycles. The topological polar surface area (TPSA) is 59.2 Å². The van der Waals surface area contributed by atoms with Crippen LogP contribution < -0.4 is 0 Å². The molecule has 0 saturated carbocycles. The second-order valence-corrected chi connectivity index (χ2v) is 8.90. The van der Waals surface area contributed by atoms with Crippen LogP contribution in [0.1, 0.15) is 57.6 Å². The van der Waals surface area contributed by atoms with Crippen molar-refractivity contribution >= 4 is 5.91 Å². The average molecular weight is 474 g/mol. The summed E-state index contributed by atoms with van der Waals surface area (Å²) < 4.78 is 32.2. The number of amides is 1. The Morgan fingerprint density at radius 1 is 0.886 bits per heavy atom. The lowest BCUT2D eigenvalue weighted by atomic mass is 9.97. The monoisotopic (exact) mass is 473 g/mol. The van der Waals surface area contributed by atoms with Crippen LogP contribution in [-0.4, -0.2) is 33.9 Å². The van der Waals surface area contributed by atoms with Gasteiger partial charge in [-0.15, -0.1) is 0 Å². The Morgan fingerprint density at radius 2 is 1.57 bits per heavy atom. The first kappa shape index (κ1) is 22.9. The molecule has 1 aliphatic rings. The van der Waals surface area contributed by atoms with Gasteiger partial charge in [0.2, 0.25) is 0 Å². The number of carbonyl (C=O) groups excluding carboxylic acids is 1. The second kappa shape index (κ2) is 10.2. The van der Waals surface area contributed by atoms with Crippen LogP contribution in [-0.2, 0) is 12.8 Å². The number of oxazole rings is 1. The number of hydrogen-bond acceptors (Lipinski definition) is 4. The Kier molecular flexibility index (Phi) is 6.66. The van der Waals surface area contributed by atoms with Crippen molar-refractivity contribution in [2.75, 3.05) is 13.1 Å². The van der Waals surface area contributed by atoms with Crippen LogP contribution in [0.15, 0.2) is 77.5 Å². The first-order chi connectivity index (χ1) is 17.0. The largest absolute Gasteiger partial charge is 0.445 e. The number of likely N-dealkylation sites (tertiary alicyclic amines) is 1. The first-order valence-corrected chi connectivity index (χ1v) is 11.7. The molecule has 4 aromatic rings. The SMILES string of the molecule is O=C(c1ccc(Cc2ccc(F)cc2)nc1)N1CCC[C@@H](c2ncc(Cc3ccc(F)cc3)o2)C1. The molecule has 5 rings (SSSR count). The molecule has 0 radical (unpaired) electrons. The summed E-state index contributed by atoms with van der Waals surface area (Å²) in [6.07, 6.45) is 6.20. The van der Waals surface area contributed by atoms with Crippen LogP contribution in [0, 0.1) is 11.6 Å². The summed E-state index contributed by atoms with van der Waals surface area (Å²) in [6, 6.07) is 16.3. The normalized spacial score (nSPS) is 15.8. The fourth-order valence-electron chi connectivity index (χ4n) is 4.41. The van der Waals surface area contributed by atoms with Gasteiger partial charge in [-0.2, -0.15) is 0 Å². The van der Waals surface area contributed by atoms with E-state index in [9.17, 15) is 13.6 Å². The standard InChI is InChI=1S/C28H25F2N3O2/c29-23-8-3-19(4-9-23)14-25-12-7-21(16-31-25)28(34)33-13-1-2-22(18-33)27-32-17-26(35-27)15-20-5-10-24(30)11-6-20/h3-12,16-17,22H,1-2,13-15,18H2/t22-/m1/s1. The number of aromatic nitrogens is 2. The van der Waals surface area contributed by atoms with Crippen LogP contribution in [0.2, 0.25) is 0 Å². The molecule has 1 saturated heterocycles. The Hall–Kier alpha value is -3.87. The van der Waals surface area contributed by atoms with Crippen molar-refractivity contribution in [2.45, 2.75) is 31.6 Å². The molecule has 0 spiro atoms. The number of hydrogen-bond donors (Lipinski definition) is 0. The van der Waals surface area contributed by atoms with Gasteiger partial charge in [0, 0.05) is 37.8 Å².